The lowest BCUT2D eigenvalue weighted by Gasteiger charge is -2.36. The number of nitrogens with zero attached hydrogens (tertiary/aromatic N) is 1. The third-order valence-electron chi connectivity index (χ3n) is 9.62. The summed E-state index contributed by atoms with van der Waals surface area (Å²) in [5.74, 6) is -0.370. The van der Waals surface area contributed by atoms with Gasteiger partial charge in [0, 0.05) is 26.7 Å². The Morgan fingerprint density at radius 2 is 1.63 bits per heavy atom. The molecular weight excluding hydrogens is 620 g/mol. The van der Waals surface area contributed by atoms with Crippen LogP contribution < -0.4 is 20.7 Å². The van der Waals surface area contributed by atoms with Crippen LogP contribution in [0.4, 0.5) is 0 Å². The molecule has 0 saturated carbocycles. The van der Waals surface area contributed by atoms with E-state index in [9.17, 15) is 19.5 Å². The smallest absolute Gasteiger partial charge is 0.249 e. The van der Waals surface area contributed by atoms with Gasteiger partial charge in [-0.25, -0.2) is 0 Å². The van der Waals surface area contributed by atoms with Gasteiger partial charge in [-0.3, -0.25) is 14.4 Å². The van der Waals surface area contributed by atoms with Crippen LogP contribution in [0.3, 0.4) is 0 Å². The minimum Gasteiger partial charge on any atom is -0.497 e. The molecule has 0 spiro atoms. The maximum absolute atomic E-state index is 14.4. The molecule has 1 aliphatic rings. The van der Waals surface area contributed by atoms with Crippen molar-refractivity contribution in [2.75, 3.05) is 33.9 Å². The number of methoxy groups -OCH3 is 2. The van der Waals surface area contributed by atoms with Crippen molar-refractivity contribution >= 4 is 17.7 Å². The number of aliphatic hydroxyl groups excluding tert-OH is 1. The number of carbonyl (C=O) groups excluding carboxylic acids is 3. The Balaban J connectivity index is 1.57. The molecule has 1 heterocycles. The van der Waals surface area contributed by atoms with Crippen molar-refractivity contribution in [1.29, 1.82) is 0 Å². The van der Waals surface area contributed by atoms with Gasteiger partial charge in [-0.1, -0.05) is 93.1 Å². The van der Waals surface area contributed by atoms with Crippen LogP contribution >= 0.6 is 0 Å². The van der Waals surface area contributed by atoms with Gasteiger partial charge in [0.1, 0.15) is 23.9 Å². The number of likely N-dealkylation sites (tertiary alicyclic amines) is 1. The van der Waals surface area contributed by atoms with Crippen molar-refractivity contribution in [3.05, 3.63) is 102 Å². The number of aryl methyl sites for hydroxylation is 1. The van der Waals surface area contributed by atoms with E-state index < -0.39 is 23.7 Å². The zero-order valence-corrected chi connectivity index (χ0v) is 29.2. The minimum atomic E-state index is -1.14. The molecule has 1 aliphatic heterocycles. The van der Waals surface area contributed by atoms with E-state index in [1.54, 1.807) is 12.0 Å². The maximum atomic E-state index is 14.4. The molecule has 0 aromatic heterocycles. The first-order valence-electron chi connectivity index (χ1n) is 17.2. The van der Waals surface area contributed by atoms with E-state index in [1.165, 1.54) is 7.11 Å². The van der Waals surface area contributed by atoms with E-state index >= 15 is 0 Å². The Bertz CT molecular complexity index is 1490. The second-order valence-corrected chi connectivity index (χ2v) is 12.9. The van der Waals surface area contributed by atoms with Crippen LogP contribution in [0.15, 0.2) is 84.9 Å². The fourth-order valence-electron chi connectivity index (χ4n) is 6.62. The Kier molecular flexibility index (Phi) is 14.2. The monoisotopic (exact) mass is 672 g/mol. The molecule has 10 nitrogen and oxygen atoms in total. The molecule has 0 bridgehead atoms. The summed E-state index contributed by atoms with van der Waals surface area (Å²) in [4.78, 5) is 43.2. The van der Waals surface area contributed by atoms with Crippen molar-refractivity contribution in [3.63, 3.8) is 0 Å². The van der Waals surface area contributed by atoms with Gasteiger partial charge in [0.2, 0.25) is 17.7 Å². The molecule has 0 aliphatic carbocycles. The lowest BCUT2D eigenvalue weighted by molar-refractivity contribution is -0.145. The third-order valence-corrected chi connectivity index (χ3v) is 9.62. The van der Waals surface area contributed by atoms with Crippen LogP contribution in [-0.4, -0.2) is 85.4 Å². The molecule has 264 valence electrons. The summed E-state index contributed by atoms with van der Waals surface area (Å²) >= 11 is 0. The van der Waals surface area contributed by atoms with E-state index in [0.717, 1.165) is 22.4 Å². The number of aliphatic hydroxyl groups is 1. The first-order chi connectivity index (χ1) is 23.7. The molecule has 3 aromatic carbocycles. The van der Waals surface area contributed by atoms with Crippen molar-refractivity contribution in [3.8, 4) is 5.75 Å². The average molecular weight is 673 g/mol. The Hall–Kier alpha value is -4.25. The molecule has 0 radical (unpaired) electrons. The number of carbonyl (C=O) groups is 3. The number of hydrogen-bond donors (Lipinski definition) is 4. The summed E-state index contributed by atoms with van der Waals surface area (Å²) in [5.41, 5.74) is 1.89. The molecule has 4 rings (SSSR count). The summed E-state index contributed by atoms with van der Waals surface area (Å²) in [7, 11) is 3.06. The molecule has 1 saturated heterocycles. The van der Waals surface area contributed by atoms with E-state index in [0.29, 0.717) is 45.2 Å². The van der Waals surface area contributed by atoms with E-state index in [2.05, 4.69) is 16.0 Å². The van der Waals surface area contributed by atoms with E-state index in [4.69, 9.17) is 9.47 Å². The predicted octanol–water partition coefficient (Wildman–Crippen LogP) is 3.65. The van der Waals surface area contributed by atoms with Crippen molar-refractivity contribution < 1.29 is 29.0 Å². The minimum absolute atomic E-state index is 0.158. The number of hydrogen-bond acceptors (Lipinski definition) is 7. The fourth-order valence-corrected chi connectivity index (χ4v) is 6.62. The average Bonchev–Trinajstić information content (AvgIpc) is 3.44. The van der Waals surface area contributed by atoms with Gasteiger partial charge >= 0.3 is 0 Å². The summed E-state index contributed by atoms with van der Waals surface area (Å²) in [6.45, 7) is 4.84. The summed E-state index contributed by atoms with van der Waals surface area (Å²) in [6, 6.07) is 25.8. The Morgan fingerprint density at radius 1 is 0.959 bits per heavy atom. The second kappa shape index (κ2) is 18.5. The Morgan fingerprint density at radius 3 is 2.29 bits per heavy atom. The first-order valence-corrected chi connectivity index (χ1v) is 17.2. The van der Waals surface area contributed by atoms with Crippen LogP contribution in [0, 0.1) is 5.92 Å². The summed E-state index contributed by atoms with van der Waals surface area (Å²) in [5, 5.41) is 20.9. The van der Waals surface area contributed by atoms with Crippen molar-refractivity contribution in [1.82, 2.24) is 20.9 Å². The van der Waals surface area contributed by atoms with Gasteiger partial charge in [0.05, 0.1) is 19.3 Å². The Labute approximate surface area is 290 Å². The largest absolute Gasteiger partial charge is 0.497 e. The van der Waals surface area contributed by atoms with Crippen LogP contribution in [-0.2, 0) is 38.5 Å². The lowest BCUT2D eigenvalue weighted by atomic mass is 9.81. The fraction of sp³-hybridized carbons (Fsp3) is 0.462. The summed E-state index contributed by atoms with van der Waals surface area (Å²) < 4.78 is 10.4. The van der Waals surface area contributed by atoms with Crippen LogP contribution in [0.1, 0.15) is 49.8 Å². The number of ether oxygens (including phenoxy) is 2. The maximum Gasteiger partial charge on any atom is 0.249 e. The molecule has 1 fully saturated rings. The molecular formula is C39H52N4O6. The molecule has 10 heteroatoms. The van der Waals surface area contributed by atoms with Gasteiger partial charge in [-0.15, -0.1) is 0 Å². The van der Waals surface area contributed by atoms with Gasteiger partial charge in [-0.2, -0.15) is 0 Å². The molecule has 1 unspecified atom stereocenters. The number of benzene rings is 3. The topological polar surface area (TPSA) is 129 Å². The second-order valence-electron chi connectivity index (χ2n) is 12.9. The first kappa shape index (κ1) is 37.6. The van der Waals surface area contributed by atoms with Gasteiger partial charge in [-0.05, 0) is 60.4 Å². The zero-order chi connectivity index (χ0) is 35.2. The molecule has 3 amide bonds. The lowest BCUT2D eigenvalue weighted by Crippen LogP contribution is -2.61. The highest BCUT2D eigenvalue weighted by Gasteiger charge is 2.53. The summed E-state index contributed by atoms with van der Waals surface area (Å²) in [6.07, 6.45) is 1.48. The molecule has 3 aromatic rings. The predicted molar refractivity (Wildman–Crippen MR) is 190 cm³/mol. The van der Waals surface area contributed by atoms with Gasteiger partial charge < -0.3 is 35.4 Å². The van der Waals surface area contributed by atoms with Crippen LogP contribution in [0.5, 0.6) is 5.75 Å². The van der Waals surface area contributed by atoms with Crippen molar-refractivity contribution in [2.24, 2.45) is 5.92 Å². The number of amides is 3. The third kappa shape index (κ3) is 10.1. The van der Waals surface area contributed by atoms with Crippen molar-refractivity contribution in [2.45, 2.75) is 76.2 Å². The number of nitrogens with one attached hydrogen (secondary N) is 3. The SMILES string of the molecule is CC[C@H](C)C1(NC(=O)COC)CCN([C@@H](CCc2ccccc2)C(=O)N[C@@H](Cc2ccccc2)[C@H](O)CNCc2cccc(OC)c2)C1=O. The van der Waals surface area contributed by atoms with Crippen LogP contribution in [0.2, 0.25) is 0 Å². The normalized spacial score (nSPS) is 18.4. The van der Waals surface area contributed by atoms with E-state index in [1.807, 2.05) is 98.8 Å². The highest BCUT2D eigenvalue weighted by Crippen LogP contribution is 2.34. The van der Waals surface area contributed by atoms with Crippen LogP contribution in [0.25, 0.3) is 0 Å². The number of rotatable bonds is 19. The quantitative estimate of drug-likeness (QED) is 0.153. The standard InChI is InChI=1S/C39H52N4O6/c1-5-28(2)39(42-36(45)27-48-3)21-22-43(38(39)47)34(20-19-29-13-8-6-9-14-29)37(46)41-33(24-30-15-10-7-11-16-30)35(44)26-40-25-31-17-12-18-32(23-31)49-4/h6-18,23,28,33-35,40,44H,5,19-22,24-27H2,1-4H3,(H,41,46)(H,42,45)/t28-,33-,34-,35+,39?/m0/s1. The molecule has 4 N–H and O–H groups in total. The zero-order valence-electron chi connectivity index (χ0n) is 29.2. The van der Waals surface area contributed by atoms with E-state index in [-0.39, 0.29) is 36.8 Å². The molecule has 49 heavy (non-hydrogen) atoms. The molecule has 5 atom stereocenters. The highest BCUT2D eigenvalue weighted by molar-refractivity contribution is 5.97. The van der Waals surface area contributed by atoms with Gasteiger partial charge in [0.15, 0.2) is 0 Å². The van der Waals surface area contributed by atoms with Gasteiger partial charge in [0.25, 0.3) is 0 Å². The highest BCUT2D eigenvalue weighted by atomic mass is 16.5.